The minimum absolute atomic E-state index is 0.00452. The predicted molar refractivity (Wildman–Crippen MR) is 342 cm³/mol. The van der Waals surface area contributed by atoms with Crippen LogP contribution in [0.15, 0.2) is 42.5 Å². The monoisotopic (exact) mass is 1280 g/mol. The number of primary amides is 1. The molecule has 0 saturated carbocycles. The fourth-order valence-electron chi connectivity index (χ4n) is 12.5. The Hall–Kier alpha value is -7.03. The summed E-state index contributed by atoms with van der Waals surface area (Å²) in [4.78, 5) is 158. The molecule has 3 heterocycles. The van der Waals surface area contributed by atoms with E-state index in [0.717, 1.165) is 4.90 Å². The van der Waals surface area contributed by atoms with Gasteiger partial charge in [0.1, 0.15) is 24.2 Å². The van der Waals surface area contributed by atoms with Crippen molar-refractivity contribution >= 4 is 65.1 Å². The second-order valence-corrected chi connectivity index (χ2v) is 25.6. The molecular weight excluding hydrogens is 1170 g/mol. The van der Waals surface area contributed by atoms with Gasteiger partial charge >= 0.3 is 6.03 Å². The standard InChI is InChI=1S/C65H106N12O14/c1-15-42(8)57(48(90-13)38-53(82)76-31-20-25-47(76)59(91-14)43(9)60(84)68-44(10)58(83)45-22-17-16-18-23-45)73(12)64(88)55(40(4)5)71-62(86)56(41(6)7)72(11)63(87)46(24-19-30-67-65(66)89)69-61(85)54(39(2)3)70-49(78)29-33-74-34-36-75(37-35-74)50(79)26-21-32-77-51(80)27-28-52(77)81/h16-18,22-23,27-28,39-44,46-48,54-59,83H,15,19-21,24-26,29-38H2,1-14H3,(H,68,84)(H,69,85)(H,70,78)(H,71,86)(H3,66,67,89)/t42-,43+,44+,46-,47+,48+,54-,55-,56-,57-,58+,59+/m0/s1. The molecule has 0 bridgehead atoms. The quantitative estimate of drug-likeness (QED) is 0.0374. The molecule has 0 aliphatic carbocycles. The van der Waals surface area contributed by atoms with Gasteiger partial charge in [-0.3, -0.25) is 57.7 Å². The van der Waals surface area contributed by atoms with Gasteiger partial charge in [0.05, 0.1) is 48.8 Å². The normalized spacial score (nSPS) is 19.0. The summed E-state index contributed by atoms with van der Waals surface area (Å²) in [5, 5.41) is 25.0. The molecule has 0 radical (unpaired) electrons. The molecule has 0 spiro atoms. The van der Waals surface area contributed by atoms with Crippen molar-refractivity contribution in [2.24, 2.45) is 35.3 Å². The summed E-state index contributed by atoms with van der Waals surface area (Å²) in [5.74, 6) is -6.55. The Balaban J connectivity index is 1.43. The van der Waals surface area contributed by atoms with Gasteiger partial charge < -0.3 is 66.5 Å². The van der Waals surface area contributed by atoms with Gasteiger partial charge in [-0.2, -0.15) is 0 Å². The molecule has 3 aliphatic rings. The average Bonchev–Trinajstić information content (AvgIpc) is 2.50. The highest BCUT2D eigenvalue weighted by atomic mass is 16.5. The molecule has 12 atom stereocenters. The van der Waals surface area contributed by atoms with Crippen LogP contribution in [0.5, 0.6) is 0 Å². The van der Waals surface area contributed by atoms with Gasteiger partial charge in [-0.1, -0.05) is 99.1 Å². The van der Waals surface area contributed by atoms with Crippen LogP contribution in [0, 0.1) is 29.6 Å². The van der Waals surface area contributed by atoms with Gasteiger partial charge in [-0.05, 0) is 68.3 Å². The Bertz CT molecular complexity index is 2630. The van der Waals surface area contributed by atoms with Crippen LogP contribution >= 0.6 is 0 Å². The van der Waals surface area contributed by atoms with E-state index < -0.39 is 132 Å². The first-order valence-corrected chi connectivity index (χ1v) is 32.4. The second kappa shape index (κ2) is 36.9. The van der Waals surface area contributed by atoms with Crippen LogP contribution < -0.4 is 32.3 Å². The lowest BCUT2D eigenvalue weighted by Crippen LogP contribution is -2.62. The number of nitrogens with one attached hydrogen (secondary N) is 5. The van der Waals surface area contributed by atoms with E-state index in [0.29, 0.717) is 70.5 Å². The Morgan fingerprint density at radius 1 is 0.692 bits per heavy atom. The van der Waals surface area contributed by atoms with Crippen LogP contribution in [0.4, 0.5) is 4.79 Å². The number of urea groups is 1. The third-order valence-electron chi connectivity index (χ3n) is 18.0. The summed E-state index contributed by atoms with van der Waals surface area (Å²) in [5.41, 5.74) is 6.00. The number of amides is 12. The summed E-state index contributed by atoms with van der Waals surface area (Å²) < 4.78 is 12.1. The number of likely N-dealkylation sites (tertiary alicyclic amines) is 1. The highest BCUT2D eigenvalue weighted by molar-refractivity contribution is 6.12. The zero-order chi connectivity index (χ0) is 68.0. The third kappa shape index (κ3) is 21.8. The predicted octanol–water partition coefficient (Wildman–Crippen LogP) is 2.08. The fourth-order valence-corrected chi connectivity index (χ4v) is 12.5. The number of nitrogens with zero attached hydrogens (tertiary/aromatic N) is 6. The summed E-state index contributed by atoms with van der Waals surface area (Å²) >= 11 is 0. The number of ether oxygens (including phenoxy) is 2. The Morgan fingerprint density at radius 3 is 1.88 bits per heavy atom. The Labute approximate surface area is 538 Å². The third-order valence-corrected chi connectivity index (χ3v) is 18.0. The first-order chi connectivity index (χ1) is 43.0. The highest BCUT2D eigenvalue weighted by Crippen LogP contribution is 2.30. The zero-order valence-electron chi connectivity index (χ0n) is 56.2. The molecule has 0 unspecified atom stereocenters. The SMILES string of the molecule is CC[C@H](C)[C@@H]([C@@H](CC(=O)N1CCC[C@@H]1[C@H](OC)[C@@H](C)C(=O)N[C@H](C)[C@@H](O)c1ccccc1)OC)N(C)C(=O)[C@@H](NC(=O)[C@H](C(C)C)N(C)C(=O)[C@H](CCCNC(N)=O)NC(=O)[C@@H](NC(=O)CCN1CCN(C(=O)CCCN2C(=O)C=CC2=O)CC1)C(C)C)C(C)C. The largest absolute Gasteiger partial charge is 0.386 e. The Morgan fingerprint density at radius 2 is 1.32 bits per heavy atom. The van der Waals surface area contributed by atoms with Crippen molar-refractivity contribution in [1.29, 1.82) is 0 Å². The minimum Gasteiger partial charge on any atom is -0.386 e. The van der Waals surface area contributed by atoms with E-state index in [4.69, 9.17) is 15.2 Å². The van der Waals surface area contributed by atoms with E-state index in [9.17, 15) is 57.8 Å². The lowest BCUT2D eigenvalue weighted by Gasteiger charge is -2.41. The number of piperazine rings is 1. The van der Waals surface area contributed by atoms with Crippen molar-refractivity contribution in [3.8, 4) is 0 Å². The average molecular weight is 1280 g/mol. The molecule has 1 aromatic carbocycles. The van der Waals surface area contributed by atoms with Crippen LogP contribution in [0.3, 0.4) is 0 Å². The van der Waals surface area contributed by atoms with Gasteiger partial charge in [0.2, 0.25) is 47.3 Å². The van der Waals surface area contributed by atoms with E-state index in [1.54, 1.807) is 84.4 Å². The number of carbonyl (C=O) groups excluding carboxylic acids is 11. The summed E-state index contributed by atoms with van der Waals surface area (Å²) in [6, 6.07) is 1.94. The second-order valence-electron chi connectivity index (χ2n) is 25.6. The molecule has 0 aromatic heterocycles. The maximum atomic E-state index is 15.0. The van der Waals surface area contributed by atoms with E-state index in [-0.39, 0.29) is 68.8 Å². The fraction of sp³-hybridized carbons (Fsp3) is 0.708. The van der Waals surface area contributed by atoms with Crippen molar-refractivity contribution in [2.75, 3.05) is 80.7 Å². The maximum absolute atomic E-state index is 15.0. The number of carbonyl (C=O) groups is 11. The lowest BCUT2D eigenvalue weighted by atomic mass is 9.89. The number of nitrogens with two attached hydrogens (primary N) is 1. The van der Waals surface area contributed by atoms with E-state index in [1.165, 1.54) is 43.2 Å². The van der Waals surface area contributed by atoms with Crippen molar-refractivity contribution in [3.63, 3.8) is 0 Å². The van der Waals surface area contributed by atoms with Crippen molar-refractivity contribution in [1.82, 2.24) is 56.0 Å². The van der Waals surface area contributed by atoms with E-state index >= 15 is 0 Å². The highest BCUT2D eigenvalue weighted by Gasteiger charge is 2.44. The number of hydrogen-bond donors (Lipinski definition) is 7. The van der Waals surface area contributed by atoms with Gasteiger partial charge in [-0.15, -0.1) is 0 Å². The minimum atomic E-state index is -1.24. The number of rotatable bonds is 36. The number of aliphatic hydroxyl groups is 1. The smallest absolute Gasteiger partial charge is 0.312 e. The molecule has 12 amide bonds. The topological polar surface area (TPSA) is 332 Å². The van der Waals surface area contributed by atoms with E-state index in [2.05, 4.69) is 26.6 Å². The number of aliphatic hydroxyl groups excluding tert-OH is 1. The summed E-state index contributed by atoms with van der Waals surface area (Å²) in [6.45, 7) is 20.8. The molecule has 1 aromatic rings. The molecule has 26 heteroatoms. The first kappa shape index (κ1) is 76.4. The molecule has 3 aliphatic heterocycles. The Kier molecular flexibility index (Phi) is 31.0. The van der Waals surface area contributed by atoms with Crippen LogP contribution in [0.25, 0.3) is 0 Å². The van der Waals surface area contributed by atoms with Crippen LogP contribution in [-0.4, -0.2) is 235 Å². The van der Waals surface area contributed by atoms with Crippen LogP contribution in [0.1, 0.15) is 139 Å². The number of hydrogen-bond acceptors (Lipinski definition) is 15. The zero-order valence-corrected chi connectivity index (χ0v) is 56.2. The number of methoxy groups -OCH3 is 2. The summed E-state index contributed by atoms with van der Waals surface area (Å²) in [6.07, 6.45) is 2.48. The molecule has 8 N–H and O–H groups in total. The molecular formula is C65H106N12O14. The van der Waals surface area contributed by atoms with Gasteiger partial charge in [0, 0.05) is 106 Å². The van der Waals surface area contributed by atoms with Gasteiger partial charge in [0.25, 0.3) is 11.8 Å². The van der Waals surface area contributed by atoms with Crippen molar-refractivity contribution in [2.45, 2.75) is 188 Å². The van der Waals surface area contributed by atoms with Crippen LogP contribution in [-0.2, 0) is 57.4 Å². The number of benzene rings is 1. The number of imide groups is 1. The molecule has 26 nitrogen and oxygen atoms in total. The van der Waals surface area contributed by atoms with Gasteiger partial charge in [0.15, 0.2) is 0 Å². The lowest BCUT2D eigenvalue weighted by molar-refractivity contribution is -0.149. The molecule has 91 heavy (non-hydrogen) atoms. The molecule has 4 rings (SSSR count). The van der Waals surface area contributed by atoms with Crippen molar-refractivity contribution < 1.29 is 67.3 Å². The molecule has 510 valence electrons. The summed E-state index contributed by atoms with van der Waals surface area (Å²) in [7, 11) is 6.07. The first-order valence-electron chi connectivity index (χ1n) is 32.4. The van der Waals surface area contributed by atoms with Crippen molar-refractivity contribution in [3.05, 3.63) is 48.0 Å². The molecule has 2 saturated heterocycles. The van der Waals surface area contributed by atoms with E-state index in [1.807, 2.05) is 36.9 Å². The number of likely N-dealkylation sites (N-methyl/N-ethyl adjacent to an activating group) is 2. The molecule has 2 fully saturated rings. The van der Waals surface area contributed by atoms with Gasteiger partial charge in [-0.25, -0.2) is 4.79 Å². The maximum Gasteiger partial charge on any atom is 0.312 e. The van der Waals surface area contributed by atoms with Crippen LogP contribution in [0.2, 0.25) is 0 Å².